The number of rotatable bonds is 8. The van der Waals surface area contributed by atoms with Crippen LogP contribution in [0.15, 0.2) is 72.9 Å². The van der Waals surface area contributed by atoms with Crippen LogP contribution in [-0.4, -0.2) is 27.9 Å². The third-order valence-corrected chi connectivity index (χ3v) is 4.43. The average molecular weight is 406 g/mol. The highest BCUT2D eigenvalue weighted by Gasteiger charge is 2.14. The van der Waals surface area contributed by atoms with Gasteiger partial charge in [-0.25, -0.2) is 9.37 Å². The fourth-order valence-electron chi connectivity index (χ4n) is 2.76. The van der Waals surface area contributed by atoms with Crippen molar-refractivity contribution in [2.45, 2.75) is 19.9 Å². The Morgan fingerprint density at radius 3 is 2.50 bits per heavy atom. The summed E-state index contributed by atoms with van der Waals surface area (Å²) in [6.07, 6.45) is 7.49. The Morgan fingerprint density at radius 1 is 1.10 bits per heavy atom. The van der Waals surface area contributed by atoms with Crippen LogP contribution in [0.5, 0.6) is 0 Å². The van der Waals surface area contributed by atoms with Gasteiger partial charge in [-0.15, -0.1) is 0 Å². The molecule has 0 saturated carbocycles. The molecular formula is C23H23FN4O2. The van der Waals surface area contributed by atoms with Gasteiger partial charge in [0, 0.05) is 31.0 Å². The van der Waals surface area contributed by atoms with Crippen molar-refractivity contribution in [3.8, 4) is 0 Å². The highest BCUT2D eigenvalue weighted by Crippen LogP contribution is 2.09. The van der Waals surface area contributed by atoms with Gasteiger partial charge in [-0.05, 0) is 49.2 Å². The second-order valence-electron chi connectivity index (χ2n) is 6.84. The standard InChI is InChI=1S/C23H23FN4O2/c1-17-3-7-19(8-4-17)22(29)27-21(15-18-5-9-20(24)10-6-18)23(30)26-11-2-13-28-14-12-25-16-28/h3-10,12,14-16H,2,11,13H2,1H3,(H,26,30)(H,27,29)/b21-15-. The Morgan fingerprint density at radius 2 is 1.83 bits per heavy atom. The van der Waals surface area contributed by atoms with Crippen molar-refractivity contribution in [2.24, 2.45) is 0 Å². The Labute approximate surface area is 174 Å². The number of carbonyl (C=O) groups excluding carboxylic acids is 2. The molecule has 0 atom stereocenters. The molecule has 3 rings (SSSR count). The van der Waals surface area contributed by atoms with Crippen LogP contribution in [0.2, 0.25) is 0 Å². The summed E-state index contributed by atoms with van der Waals surface area (Å²) in [6.45, 7) is 3.07. The highest BCUT2D eigenvalue weighted by atomic mass is 19.1. The third kappa shape index (κ3) is 6.13. The van der Waals surface area contributed by atoms with Gasteiger partial charge in [0.25, 0.3) is 11.8 Å². The lowest BCUT2D eigenvalue weighted by molar-refractivity contribution is -0.117. The second-order valence-corrected chi connectivity index (χ2v) is 6.84. The van der Waals surface area contributed by atoms with Crippen molar-refractivity contribution in [1.82, 2.24) is 20.2 Å². The average Bonchev–Trinajstić information content (AvgIpc) is 3.26. The molecule has 0 radical (unpaired) electrons. The third-order valence-electron chi connectivity index (χ3n) is 4.43. The molecule has 30 heavy (non-hydrogen) atoms. The van der Waals surface area contributed by atoms with Crippen molar-refractivity contribution in [3.63, 3.8) is 0 Å². The Balaban J connectivity index is 1.69. The summed E-state index contributed by atoms with van der Waals surface area (Å²) >= 11 is 0. The molecule has 154 valence electrons. The minimum Gasteiger partial charge on any atom is -0.351 e. The number of hydrogen-bond acceptors (Lipinski definition) is 3. The zero-order valence-electron chi connectivity index (χ0n) is 16.6. The van der Waals surface area contributed by atoms with Gasteiger partial charge in [-0.1, -0.05) is 29.8 Å². The molecule has 0 aliphatic rings. The van der Waals surface area contributed by atoms with Crippen LogP contribution in [0.3, 0.4) is 0 Å². The van der Waals surface area contributed by atoms with Crippen LogP contribution in [0.25, 0.3) is 6.08 Å². The number of amides is 2. The number of nitrogens with one attached hydrogen (secondary N) is 2. The maximum Gasteiger partial charge on any atom is 0.267 e. The number of aromatic nitrogens is 2. The molecule has 0 spiro atoms. The summed E-state index contributed by atoms with van der Waals surface area (Å²) < 4.78 is 15.1. The number of aryl methyl sites for hydroxylation is 2. The first-order valence-corrected chi connectivity index (χ1v) is 9.60. The van der Waals surface area contributed by atoms with E-state index in [-0.39, 0.29) is 11.5 Å². The van der Waals surface area contributed by atoms with Gasteiger partial charge in [0.15, 0.2) is 0 Å². The first-order chi connectivity index (χ1) is 14.5. The van der Waals surface area contributed by atoms with E-state index < -0.39 is 11.8 Å². The van der Waals surface area contributed by atoms with Crippen LogP contribution in [0.4, 0.5) is 4.39 Å². The van der Waals surface area contributed by atoms with Crippen molar-refractivity contribution in [1.29, 1.82) is 0 Å². The van der Waals surface area contributed by atoms with E-state index in [0.717, 1.165) is 5.56 Å². The molecule has 0 saturated heterocycles. The predicted molar refractivity (Wildman–Crippen MR) is 113 cm³/mol. The zero-order chi connectivity index (χ0) is 21.3. The van der Waals surface area contributed by atoms with E-state index in [4.69, 9.17) is 0 Å². The highest BCUT2D eigenvalue weighted by molar-refractivity contribution is 6.05. The molecule has 3 aromatic rings. The van der Waals surface area contributed by atoms with E-state index in [1.165, 1.54) is 18.2 Å². The maximum atomic E-state index is 13.2. The molecular weight excluding hydrogens is 383 g/mol. The van der Waals surface area contributed by atoms with Gasteiger partial charge < -0.3 is 15.2 Å². The molecule has 0 aliphatic carbocycles. The van der Waals surface area contributed by atoms with E-state index in [0.29, 0.717) is 30.6 Å². The second kappa shape index (κ2) is 10.2. The molecule has 7 heteroatoms. The van der Waals surface area contributed by atoms with E-state index >= 15 is 0 Å². The summed E-state index contributed by atoms with van der Waals surface area (Å²) in [7, 11) is 0. The molecule has 2 amide bonds. The largest absolute Gasteiger partial charge is 0.351 e. The van der Waals surface area contributed by atoms with Gasteiger partial charge in [-0.3, -0.25) is 9.59 Å². The number of nitrogens with zero attached hydrogens (tertiary/aromatic N) is 2. The van der Waals surface area contributed by atoms with Crippen molar-refractivity contribution >= 4 is 17.9 Å². The summed E-state index contributed by atoms with van der Waals surface area (Å²) in [5.41, 5.74) is 2.17. The van der Waals surface area contributed by atoms with Crippen molar-refractivity contribution < 1.29 is 14.0 Å². The van der Waals surface area contributed by atoms with Crippen molar-refractivity contribution in [3.05, 3.63) is 95.5 Å². The lowest BCUT2D eigenvalue weighted by Crippen LogP contribution is -2.35. The van der Waals surface area contributed by atoms with Gasteiger partial charge in [0.05, 0.1) is 6.33 Å². The SMILES string of the molecule is Cc1ccc(C(=O)N/C(=C\c2ccc(F)cc2)C(=O)NCCCn2ccnc2)cc1. The van der Waals surface area contributed by atoms with Gasteiger partial charge in [0.1, 0.15) is 11.5 Å². The lowest BCUT2D eigenvalue weighted by Gasteiger charge is -2.12. The van der Waals surface area contributed by atoms with Crippen LogP contribution < -0.4 is 10.6 Å². The Kier molecular flexibility index (Phi) is 7.10. The molecule has 1 aromatic heterocycles. The first kappa shape index (κ1) is 21.0. The normalized spacial score (nSPS) is 11.2. The molecule has 0 fully saturated rings. The number of halogens is 1. The summed E-state index contributed by atoms with van der Waals surface area (Å²) in [6, 6.07) is 12.7. The van der Waals surface area contributed by atoms with Crippen molar-refractivity contribution in [2.75, 3.05) is 6.54 Å². The van der Waals surface area contributed by atoms with Gasteiger partial charge in [0.2, 0.25) is 0 Å². The Hall–Kier alpha value is -3.74. The number of benzene rings is 2. The fraction of sp³-hybridized carbons (Fsp3) is 0.174. The fourth-order valence-corrected chi connectivity index (χ4v) is 2.76. The van der Waals surface area contributed by atoms with Crippen LogP contribution >= 0.6 is 0 Å². The lowest BCUT2D eigenvalue weighted by atomic mass is 10.1. The Bertz CT molecular complexity index is 1010. The van der Waals surface area contributed by atoms with E-state index in [1.807, 2.05) is 29.8 Å². The van der Waals surface area contributed by atoms with Gasteiger partial charge >= 0.3 is 0 Å². The summed E-state index contributed by atoms with van der Waals surface area (Å²) in [5, 5.41) is 5.48. The topological polar surface area (TPSA) is 76.0 Å². The van der Waals surface area contributed by atoms with Gasteiger partial charge in [-0.2, -0.15) is 0 Å². The maximum absolute atomic E-state index is 13.2. The number of imidazole rings is 1. The zero-order valence-corrected chi connectivity index (χ0v) is 16.6. The first-order valence-electron chi connectivity index (χ1n) is 9.60. The molecule has 2 aromatic carbocycles. The minimum absolute atomic E-state index is 0.0924. The monoisotopic (exact) mass is 406 g/mol. The molecule has 6 nitrogen and oxygen atoms in total. The van der Waals surface area contributed by atoms with E-state index in [1.54, 1.807) is 36.8 Å². The molecule has 1 heterocycles. The number of carbonyl (C=O) groups is 2. The molecule has 0 unspecified atom stereocenters. The molecule has 0 aliphatic heterocycles. The molecule has 2 N–H and O–H groups in total. The van der Waals surface area contributed by atoms with E-state index in [2.05, 4.69) is 15.6 Å². The predicted octanol–water partition coefficient (Wildman–Crippen LogP) is 3.31. The van der Waals surface area contributed by atoms with Crippen LogP contribution in [-0.2, 0) is 11.3 Å². The summed E-state index contributed by atoms with van der Waals surface area (Å²) in [4.78, 5) is 29.3. The minimum atomic E-state index is -0.412. The summed E-state index contributed by atoms with van der Waals surface area (Å²) in [5.74, 6) is -1.18. The van der Waals surface area contributed by atoms with Crippen LogP contribution in [0.1, 0.15) is 27.9 Å². The smallest absolute Gasteiger partial charge is 0.267 e. The van der Waals surface area contributed by atoms with E-state index in [9.17, 15) is 14.0 Å². The quantitative estimate of drug-likeness (QED) is 0.445. The molecule has 0 bridgehead atoms. The number of hydrogen-bond donors (Lipinski definition) is 2. The van der Waals surface area contributed by atoms with Crippen LogP contribution in [0, 0.1) is 12.7 Å².